The van der Waals surface area contributed by atoms with Crippen LogP contribution in [0, 0.1) is 13.1 Å². The molecule has 0 aromatic heterocycles. The number of anilines is 2. The van der Waals surface area contributed by atoms with Gasteiger partial charge in [-0.15, -0.1) is 0 Å². The van der Waals surface area contributed by atoms with E-state index < -0.39 is 8.32 Å². The van der Waals surface area contributed by atoms with Crippen molar-refractivity contribution in [3.63, 3.8) is 0 Å². The predicted octanol–water partition coefficient (Wildman–Crippen LogP) is 12.7. The van der Waals surface area contributed by atoms with Crippen molar-refractivity contribution in [2.24, 2.45) is 0 Å². The molecule has 6 aromatic carbocycles. The molecule has 0 aliphatic carbocycles. The largest absolute Gasteiger partial charge is 0.491 e. The maximum atomic E-state index is 10.3. The fraction of sp³-hybridized carbons (Fsp3) is 0.367. The molecule has 0 spiro atoms. The molecule has 0 unspecified atom stereocenters. The average Bonchev–Trinajstić information content (AvgIpc) is 3.43. The van der Waals surface area contributed by atoms with Gasteiger partial charge in [0, 0.05) is 51.4 Å². The first-order valence-electron chi connectivity index (χ1n) is 25.6. The molecule has 0 saturated carbocycles. The first-order chi connectivity index (χ1) is 36.2. The van der Waals surface area contributed by atoms with E-state index in [1.165, 1.54) is 16.7 Å². The van der Waals surface area contributed by atoms with Crippen molar-refractivity contribution in [1.82, 2.24) is 9.80 Å². The van der Waals surface area contributed by atoms with Crippen LogP contribution in [0.1, 0.15) is 67.2 Å². The minimum atomic E-state index is -1.98. The minimum absolute atomic E-state index is 0.00345. The van der Waals surface area contributed by atoms with Gasteiger partial charge in [0.2, 0.25) is 0 Å². The van der Waals surface area contributed by atoms with Crippen LogP contribution < -0.4 is 19.3 Å². The van der Waals surface area contributed by atoms with Gasteiger partial charge in [0.05, 0.1) is 85.2 Å². The summed E-state index contributed by atoms with van der Waals surface area (Å²) in [6.07, 6.45) is 0. The molecule has 8 rings (SSSR count). The molecular weight excluding hydrogens is 1000 g/mol. The van der Waals surface area contributed by atoms with Gasteiger partial charge in [0.1, 0.15) is 24.7 Å². The van der Waals surface area contributed by atoms with Crippen LogP contribution in [0.2, 0.25) is 28.2 Å². The highest BCUT2D eigenvalue weighted by Gasteiger charge is 2.40. The SMILES string of the molecule is [C-]#[N+]c1ccc([C@H](CO)N2CCN(c3ccc(OCCO)cc3Cl)[C@H](c3ccccc3)C2)cc1.[C-]#[N+]c1ccc([C@H](CO[Si](C)(C)C(C)(C)C)N2CCN(c3ccc(OCCO)cc3Cl)[C@H](c3ccccc3)C2)cc1. The predicted molar refractivity (Wildman–Crippen MR) is 305 cm³/mol. The number of piperazine rings is 2. The normalized spacial score (nSPS) is 17.2. The van der Waals surface area contributed by atoms with E-state index in [9.17, 15) is 5.11 Å². The number of halogens is 2. The summed E-state index contributed by atoms with van der Waals surface area (Å²) in [6, 6.07) is 47.7. The Labute approximate surface area is 455 Å². The van der Waals surface area contributed by atoms with Crippen molar-refractivity contribution in [1.29, 1.82) is 0 Å². The minimum Gasteiger partial charge on any atom is -0.491 e. The lowest BCUT2D eigenvalue weighted by molar-refractivity contribution is 0.103. The number of rotatable bonds is 18. The Balaban J connectivity index is 0.000000222. The summed E-state index contributed by atoms with van der Waals surface area (Å²) in [5.41, 5.74) is 7.68. The monoisotopic (exact) mass is 1070 g/mol. The van der Waals surface area contributed by atoms with E-state index in [0.29, 0.717) is 46.1 Å². The Bertz CT molecular complexity index is 2830. The van der Waals surface area contributed by atoms with E-state index in [0.717, 1.165) is 49.7 Å². The third-order valence-corrected chi connectivity index (χ3v) is 19.8. The van der Waals surface area contributed by atoms with Gasteiger partial charge in [0.15, 0.2) is 19.7 Å². The summed E-state index contributed by atoms with van der Waals surface area (Å²) in [5.74, 6) is 1.27. The summed E-state index contributed by atoms with van der Waals surface area (Å²) >= 11 is 13.5. The molecule has 15 heteroatoms. The lowest BCUT2D eigenvalue weighted by Crippen LogP contribution is -2.51. The van der Waals surface area contributed by atoms with Gasteiger partial charge in [-0.3, -0.25) is 9.80 Å². The number of ether oxygens (including phenoxy) is 2. The zero-order chi connectivity index (χ0) is 53.5. The van der Waals surface area contributed by atoms with Crippen LogP contribution in [0.15, 0.2) is 146 Å². The van der Waals surface area contributed by atoms with E-state index in [2.05, 4.69) is 112 Å². The highest BCUT2D eigenvalue weighted by atomic mass is 35.5. The van der Waals surface area contributed by atoms with Gasteiger partial charge in [-0.1, -0.05) is 153 Å². The molecule has 2 aliphatic heterocycles. The van der Waals surface area contributed by atoms with Crippen LogP contribution in [0.25, 0.3) is 9.69 Å². The van der Waals surface area contributed by atoms with Crippen molar-refractivity contribution in [2.45, 2.75) is 63.1 Å². The van der Waals surface area contributed by atoms with Crippen LogP contribution in [0.5, 0.6) is 11.5 Å². The summed E-state index contributed by atoms with van der Waals surface area (Å²) < 4.78 is 17.9. The second kappa shape index (κ2) is 26.7. The highest BCUT2D eigenvalue weighted by Crippen LogP contribution is 2.42. The number of aliphatic hydroxyl groups is 3. The van der Waals surface area contributed by atoms with Crippen LogP contribution in [-0.4, -0.2) is 112 Å². The Kier molecular flexibility index (Phi) is 20.2. The highest BCUT2D eigenvalue weighted by molar-refractivity contribution is 6.74. The van der Waals surface area contributed by atoms with Crippen LogP contribution in [-0.2, 0) is 4.43 Å². The Morgan fingerprint density at radius 1 is 0.587 bits per heavy atom. The quantitative estimate of drug-likeness (QED) is 0.0569. The first kappa shape index (κ1) is 56.8. The van der Waals surface area contributed by atoms with Gasteiger partial charge < -0.3 is 39.0 Å². The molecule has 3 N–H and O–H groups in total. The van der Waals surface area contributed by atoms with Crippen LogP contribution >= 0.6 is 23.2 Å². The molecule has 0 radical (unpaired) electrons. The van der Waals surface area contributed by atoms with Crippen LogP contribution in [0.3, 0.4) is 0 Å². The summed E-state index contributed by atoms with van der Waals surface area (Å²) in [5, 5.41) is 29.7. The summed E-state index contributed by atoms with van der Waals surface area (Å²) in [7, 11) is -1.98. The third-order valence-electron chi connectivity index (χ3n) is 14.6. The third kappa shape index (κ3) is 14.5. The number of nitrogens with zero attached hydrogens (tertiary/aromatic N) is 6. The van der Waals surface area contributed by atoms with Gasteiger partial charge in [-0.05, 0) is 64.7 Å². The molecule has 4 atom stereocenters. The Morgan fingerprint density at radius 2 is 1.00 bits per heavy atom. The standard InChI is InChI=1S/C33H42ClN3O3Si.C27H28ClN3O3/c1-33(2,3)41(5,6)40-24-32(26-12-14-27(35-4)15-13-26)36-18-19-37(31(23-36)25-10-8-7-9-11-25)30-17-16-28(22-29(30)34)39-21-20-38;1-29-22-9-7-21(8-10-22)27(19-33)30-13-14-31(26(18-30)20-5-3-2-4-6-20)25-12-11-23(17-24(25)28)34-16-15-32/h7-17,22,31-32,38H,18-21,23-24H2,1-3,5-6H3;2-12,17,26-27,32-33H,13-16,18-19H2/t31-,32-;26-,27-/m00/s1. The lowest BCUT2D eigenvalue weighted by atomic mass is 9.98. The van der Waals surface area contributed by atoms with Crippen molar-refractivity contribution < 1.29 is 29.2 Å². The summed E-state index contributed by atoms with van der Waals surface area (Å²) in [4.78, 5) is 16.6. The van der Waals surface area contributed by atoms with E-state index in [-0.39, 0.29) is 62.2 Å². The molecule has 6 aromatic rings. The van der Waals surface area contributed by atoms with Crippen LogP contribution in [0.4, 0.5) is 22.7 Å². The zero-order valence-corrected chi connectivity index (χ0v) is 46.2. The van der Waals surface area contributed by atoms with Crippen molar-refractivity contribution >= 4 is 54.3 Å². The maximum Gasteiger partial charge on any atom is 0.192 e. The molecule has 75 heavy (non-hydrogen) atoms. The lowest BCUT2D eigenvalue weighted by Gasteiger charge is -2.47. The molecule has 12 nitrogen and oxygen atoms in total. The van der Waals surface area contributed by atoms with E-state index >= 15 is 0 Å². The number of hydrogen-bond donors (Lipinski definition) is 3. The average molecular weight is 1070 g/mol. The van der Waals surface area contributed by atoms with E-state index in [1.54, 1.807) is 18.2 Å². The number of aliphatic hydroxyl groups excluding tert-OH is 3. The molecule has 0 amide bonds. The Hall–Kier alpha value is -5.94. The molecule has 394 valence electrons. The number of hydrogen-bond acceptors (Lipinski definition) is 10. The van der Waals surface area contributed by atoms with Gasteiger partial charge in [-0.25, -0.2) is 9.69 Å². The topological polar surface area (TPSA) is 110 Å². The molecule has 0 bridgehead atoms. The fourth-order valence-electron chi connectivity index (χ4n) is 9.51. The zero-order valence-electron chi connectivity index (χ0n) is 43.7. The van der Waals surface area contributed by atoms with Gasteiger partial charge in [0.25, 0.3) is 0 Å². The smallest absolute Gasteiger partial charge is 0.192 e. The second-order valence-corrected chi connectivity index (χ2v) is 25.9. The maximum absolute atomic E-state index is 10.3. The Morgan fingerprint density at radius 3 is 1.37 bits per heavy atom. The second-order valence-electron chi connectivity index (χ2n) is 20.3. The molecule has 2 heterocycles. The first-order valence-corrected chi connectivity index (χ1v) is 29.2. The molecule has 2 aliphatic rings. The van der Waals surface area contributed by atoms with E-state index in [4.69, 9.17) is 60.5 Å². The van der Waals surface area contributed by atoms with E-state index in [1.807, 2.05) is 78.9 Å². The van der Waals surface area contributed by atoms with Gasteiger partial charge >= 0.3 is 0 Å². The fourth-order valence-corrected chi connectivity index (χ4v) is 11.1. The molecule has 2 fully saturated rings. The van der Waals surface area contributed by atoms with Gasteiger partial charge in [-0.2, -0.15) is 0 Å². The molecular formula is C60H70Cl2N6O6Si. The van der Waals surface area contributed by atoms with Crippen molar-refractivity contribution in [2.75, 3.05) is 88.7 Å². The number of benzene rings is 6. The van der Waals surface area contributed by atoms with Crippen molar-refractivity contribution in [3.8, 4) is 11.5 Å². The van der Waals surface area contributed by atoms with Crippen molar-refractivity contribution in [3.05, 3.63) is 201 Å². The summed E-state index contributed by atoms with van der Waals surface area (Å²) in [6.45, 7) is 31.5. The molecule has 2 saturated heterocycles.